The second-order valence-electron chi connectivity index (χ2n) is 3.52. The highest BCUT2D eigenvalue weighted by molar-refractivity contribution is 9.09. The molecule has 0 aliphatic carbocycles. The summed E-state index contributed by atoms with van der Waals surface area (Å²) >= 11 is 5.20. The third kappa shape index (κ3) is 3.22. The van der Waals surface area contributed by atoms with Crippen LogP contribution in [0.3, 0.4) is 0 Å². The van der Waals surface area contributed by atoms with Gasteiger partial charge in [-0.2, -0.15) is 0 Å². The van der Waals surface area contributed by atoms with E-state index in [0.29, 0.717) is 11.8 Å². The van der Waals surface area contributed by atoms with E-state index in [0.717, 1.165) is 22.6 Å². The number of halogens is 2. The lowest BCUT2D eigenvalue weighted by Crippen LogP contribution is -2.19. The topological polar surface area (TPSA) is 24.4 Å². The van der Waals surface area contributed by atoms with Crippen molar-refractivity contribution in [1.82, 2.24) is 5.32 Å². The van der Waals surface area contributed by atoms with Crippen molar-refractivity contribution in [3.05, 3.63) is 35.6 Å². The summed E-state index contributed by atoms with van der Waals surface area (Å²) in [5.41, 5.74) is 1.06. The van der Waals surface area contributed by atoms with E-state index in [1.54, 1.807) is 23.9 Å². The number of nitrogens with one attached hydrogen (secondary N) is 1. The number of hydrogen-bond donors (Lipinski definition) is 1. The molecule has 1 atom stereocenters. The fourth-order valence-corrected chi connectivity index (χ4v) is 2.81. The van der Waals surface area contributed by atoms with E-state index in [2.05, 4.69) is 26.2 Å². The molecule has 0 amide bonds. The molecule has 1 aliphatic heterocycles. The highest BCUT2D eigenvalue weighted by atomic mass is 79.9. The Kier molecular flexibility index (Phi) is 4.23. The van der Waals surface area contributed by atoms with Crippen molar-refractivity contribution < 1.29 is 4.39 Å². The van der Waals surface area contributed by atoms with Gasteiger partial charge in [-0.1, -0.05) is 39.8 Å². The van der Waals surface area contributed by atoms with Crippen molar-refractivity contribution in [2.24, 2.45) is 4.99 Å². The summed E-state index contributed by atoms with van der Waals surface area (Å²) in [6, 6.07) is 6.51. The highest BCUT2D eigenvalue weighted by Crippen LogP contribution is 2.21. The summed E-state index contributed by atoms with van der Waals surface area (Å²) in [5.74, 6) is -0.198. The van der Waals surface area contributed by atoms with Crippen molar-refractivity contribution >= 4 is 32.9 Å². The van der Waals surface area contributed by atoms with E-state index in [9.17, 15) is 4.39 Å². The summed E-state index contributed by atoms with van der Waals surface area (Å²) in [6.45, 7) is 1.56. The highest BCUT2D eigenvalue weighted by Gasteiger charge is 2.17. The lowest BCUT2D eigenvalue weighted by atomic mass is 10.2. The summed E-state index contributed by atoms with van der Waals surface area (Å²) < 4.78 is 12.7. The largest absolute Gasteiger partial charge is 0.361 e. The van der Waals surface area contributed by atoms with E-state index in [1.807, 2.05) is 0 Å². The van der Waals surface area contributed by atoms with Crippen molar-refractivity contribution in [3.8, 4) is 0 Å². The first kappa shape index (κ1) is 11.9. The SMILES string of the molecule is Fc1ccc(CNC2=NC[C@@H](CBr)S2)cc1. The minimum atomic E-state index is -0.198. The minimum Gasteiger partial charge on any atom is -0.361 e. The molecule has 0 saturated carbocycles. The van der Waals surface area contributed by atoms with Crippen LogP contribution in [0, 0.1) is 5.82 Å². The molecule has 86 valence electrons. The molecule has 0 unspecified atom stereocenters. The van der Waals surface area contributed by atoms with E-state index >= 15 is 0 Å². The number of rotatable bonds is 3. The van der Waals surface area contributed by atoms with Crippen LogP contribution in [0.2, 0.25) is 0 Å². The first-order valence-electron chi connectivity index (χ1n) is 5.03. The Labute approximate surface area is 107 Å². The number of benzene rings is 1. The molecule has 1 heterocycles. The monoisotopic (exact) mass is 302 g/mol. The van der Waals surface area contributed by atoms with Crippen LogP contribution in [0.25, 0.3) is 0 Å². The fourth-order valence-electron chi connectivity index (χ4n) is 1.37. The summed E-state index contributed by atoms with van der Waals surface area (Å²) in [4.78, 5) is 4.39. The maximum Gasteiger partial charge on any atom is 0.157 e. The Morgan fingerprint density at radius 1 is 1.44 bits per heavy atom. The van der Waals surface area contributed by atoms with Gasteiger partial charge < -0.3 is 5.32 Å². The number of aliphatic imine (C=N–C) groups is 1. The molecule has 0 spiro atoms. The molecular weight excluding hydrogens is 291 g/mol. The lowest BCUT2D eigenvalue weighted by Gasteiger charge is -2.06. The molecule has 2 nitrogen and oxygen atoms in total. The fraction of sp³-hybridized carbons (Fsp3) is 0.364. The zero-order valence-corrected chi connectivity index (χ0v) is 11.0. The normalized spacial score (nSPS) is 19.6. The van der Waals surface area contributed by atoms with Gasteiger partial charge >= 0.3 is 0 Å². The van der Waals surface area contributed by atoms with Crippen LogP contribution in [0.1, 0.15) is 5.56 Å². The Morgan fingerprint density at radius 3 is 2.81 bits per heavy atom. The van der Waals surface area contributed by atoms with Gasteiger partial charge in [-0.25, -0.2) is 4.39 Å². The van der Waals surface area contributed by atoms with Gasteiger partial charge in [0.25, 0.3) is 0 Å². The molecular formula is C11H12BrFN2S. The molecule has 1 aromatic carbocycles. The van der Waals surface area contributed by atoms with Gasteiger partial charge in [0, 0.05) is 17.1 Å². The van der Waals surface area contributed by atoms with E-state index in [1.165, 1.54) is 12.1 Å². The third-order valence-electron chi connectivity index (χ3n) is 2.25. The first-order chi connectivity index (χ1) is 7.78. The van der Waals surface area contributed by atoms with Gasteiger partial charge in [0.05, 0.1) is 6.54 Å². The van der Waals surface area contributed by atoms with Crippen LogP contribution >= 0.6 is 27.7 Å². The second-order valence-corrected chi connectivity index (χ2v) is 5.46. The number of hydrogen-bond acceptors (Lipinski definition) is 3. The summed E-state index contributed by atoms with van der Waals surface area (Å²) in [7, 11) is 0. The predicted molar refractivity (Wildman–Crippen MR) is 70.7 cm³/mol. The van der Waals surface area contributed by atoms with Crippen molar-refractivity contribution in [3.63, 3.8) is 0 Å². The molecule has 0 aromatic heterocycles. The average Bonchev–Trinajstić information content (AvgIpc) is 2.76. The molecule has 1 N–H and O–H groups in total. The Morgan fingerprint density at radius 2 is 2.19 bits per heavy atom. The van der Waals surface area contributed by atoms with Crippen molar-refractivity contribution in [2.75, 3.05) is 11.9 Å². The number of thioether (sulfide) groups is 1. The van der Waals surface area contributed by atoms with Gasteiger partial charge in [0.15, 0.2) is 5.17 Å². The van der Waals surface area contributed by atoms with Gasteiger partial charge in [-0.05, 0) is 17.7 Å². The van der Waals surface area contributed by atoms with E-state index in [4.69, 9.17) is 0 Å². The van der Waals surface area contributed by atoms with E-state index < -0.39 is 0 Å². The molecule has 1 aliphatic rings. The van der Waals surface area contributed by atoms with Crippen LogP contribution in [0.4, 0.5) is 4.39 Å². The van der Waals surface area contributed by atoms with Crippen LogP contribution in [0.5, 0.6) is 0 Å². The Bertz CT molecular complexity index is 380. The summed E-state index contributed by atoms with van der Waals surface area (Å²) in [6.07, 6.45) is 0. The van der Waals surface area contributed by atoms with Crippen molar-refractivity contribution in [1.29, 1.82) is 0 Å². The molecule has 5 heteroatoms. The standard InChI is InChI=1S/C11H12BrFN2S/c12-5-10-7-15-11(16-10)14-6-8-1-3-9(13)4-2-8/h1-4,10H,5-7H2,(H,14,15)/t10-/m1/s1. The quantitative estimate of drug-likeness (QED) is 0.868. The maximum atomic E-state index is 12.7. The number of amidine groups is 1. The molecule has 1 aromatic rings. The number of alkyl halides is 1. The van der Waals surface area contributed by atoms with Crippen LogP contribution in [-0.2, 0) is 6.54 Å². The zero-order chi connectivity index (χ0) is 11.4. The van der Waals surface area contributed by atoms with Crippen molar-refractivity contribution in [2.45, 2.75) is 11.8 Å². The smallest absolute Gasteiger partial charge is 0.157 e. The Hall–Kier alpha value is -0.550. The van der Waals surface area contributed by atoms with Crippen LogP contribution in [-0.4, -0.2) is 22.3 Å². The molecule has 0 bridgehead atoms. The maximum absolute atomic E-state index is 12.7. The van der Waals surface area contributed by atoms with Crippen LogP contribution < -0.4 is 5.32 Å². The zero-order valence-electron chi connectivity index (χ0n) is 8.62. The minimum absolute atomic E-state index is 0.198. The average molecular weight is 303 g/mol. The summed E-state index contributed by atoms with van der Waals surface area (Å²) in [5, 5.41) is 5.73. The van der Waals surface area contributed by atoms with Gasteiger partial charge in [0.1, 0.15) is 5.82 Å². The number of nitrogens with zero attached hydrogens (tertiary/aromatic N) is 1. The first-order valence-corrected chi connectivity index (χ1v) is 7.03. The lowest BCUT2D eigenvalue weighted by molar-refractivity contribution is 0.627. The van der Waals surface area contributed by atoms with Gasteiger partial charge in [-0.15, -0.1) is 0 Å². The molecule has 0 saturated heterocycles. The molecule has 0 fully saturated rings. The second kappa shape index (κ2) is 5.68. The third-order valence-corrected chi connectivity index (χ3v) is 4.60. The van der Waals surface area contributed by atoms with Gasteiger partial charge in [0.2, 0.25) is 0 Å². The van der Waals surface area contributed by atoms with E-state index in [-0.39, 0.29) is 5.82 Å². The predicted octanol–water partition coefficient (Wildman–Crippen LogP) is 2.78. The molecule has 2 rings (SSSR count). The van der Waals surface area contributed by atoms with Gasteiger partial charge in [-0.3, -0.25) is 4.99 Å². The molecule has 0 radical (unpaired) electrons. The molecule has 16 heavy (non-hydrogen) atoms. The van der Waals surface area contributed by atoms with Crippen LogP contribution in [0.15, 0.2) is 29.3 Å². The Balaban J connectivity index is 1.82.